The van der Waals surface area contributed by atoms with E-state index in [1.165, 1.54) is 10.9 Å². The largest absolute Gasteiger partial charge is 0.480 e. The van der Waals surface area contributed by atoms with Crippen molar-refractivity contribution in [1.82, 2.24) is 15.1 Å². The molecule has 1 saturated carbocycles. The van der Waals surface area contributed by atoms with Gasteiger partial charge in [0.25, 0.3) is 0 Å². The van der Waals surface area contributed by atoms with Crippen LogP contribution < -0.4 is 5.32 Å². The molecule has 1 aliphatic rings. The zero-order chi connectivity index (χ0) is 14.7. The molecule has 1 heterocycles. The van der Waals surface area contributed by atoms with Crippen LogP contribution in [0.1, 0.15) is 19.3 Å². The van der Waals surface area contributed by atoms with Crippen LogP contribution in [0.4, 0.5) is 5.69 Å². The minimum absolute atomic E-state index is 0.0160. The smallest absolute Gasteiger partial charge is 0.326 e. The SMILES string of the molecule is O=C(CCn1cc([N+](=O)[O-])cn1)NC(C(=O)O)C1CC1. The zero-order valence-corrected chi connectivity index (χ0v) is 10.6. The molecule has 0 aromatic carbocycles. The molecule has 1 unspecified atom stereocenters. The molecule has 1 aromatic heterocycles. The summed E-state index contributed by atoms with van der Waals surface area (Å²) in [6.07, 6.45) is 3.96. The molecule has 0 bridgehead atoms. The fraction of sp³-hybridized carbons (Fsp3) is 0.545. The van der Waals surface area contributed by atoms with E-state index in [1.54, 1.807) is 0 Å². The first-order chi connectivity index (χ1) is 9.47. The van der Waals surface area contributed by atoms with E-state index in [9.17, 15) is 19.7 Å². The van der Waals surface area contributed by atoms with Crippen molar-refractivity contribution in [2.24, 2.45) is 5.92 Å². The molecule has 9 nitrogen and oxygen atoms in total. The van der Waals surface area contributed by atoms with Crippen LogP contribution in [-0.4, -0.2) is 37.7 Å². The maximum Gasteiger partial charge on any atom is 0.326 e. The third-order valence-electron chi connectivity index (χ3n) is 3.07. The van der Waals surface area contributed by atoms with Gasteiger partial charge in [0.2, 0.25) is 5.91 Å². The van der Waals surface area contributed by atoms with E-state index in [4.69, 9.17) is 5.11 Å². The van der Waals surface area contributed by atoms with E-state index in [2.05, 4.69) is 10.4 Å². The van der Waals surface area contributed by atoms with Gasteiger partial charge < -0.3 is 10.4 Å². The lowest BCUT2D eigenvalue weighted by atomic mass is 10.2. The number of hydrogen-bond donors (Lipinski definition) is 2. The highest BCUT2D eigenvalue weighted by Gasteiger charge is 2.37. The molecular weight excluding hydrogens is 268 g/mol. The predicted octanol–water partition coefficient (Wildman–Crippen LogP) is 0.161. The van der Waals surface area contributed by atoms with Crippen molar-refractivity contribution in [1.29, 1.82) is 0 Å². The van der Waals surface area contributed by atoms with Crippen LogP contribution >= 0.6 is 0 Å². The van der Waals surface area contributed by atoms with Crippen molar-refractivity contribution < 1.29 is 19.6 Å². The fourth-order valence-corrected chi connectivity index (χ4v) is 1.84. The van der Waals surface area contributed by atoms with Gasteiger partial charge in [-0.15, -0.1) is 0 Å². The molecule has 0 radical (unpaired) electrons. The number of aryl methyl sites for hydroxylation is 1. The van der Waals surface area contributed by atoms with Gasteiger partial charge in [0.1, 0.15) is 18.4 Å². The summed E-state index contributed by atoms with van der Waals surface area (Å²) in [5.41, 5.74) is -0.146. The number of carbonyl (C=O) groups excluding carboxylic acids is 1. The van der Waals surface area contributed by atoms with Crippen LogP contribution in [0.5, 0.6) is 0 Å². The second-order valence-electron chi connectivity index (χ2n) is 4.69. The standard InChI is InChI=1S/C11H14N4O5/c16-9(13-10(11(17)18)7-1-2-7)3-4-14-6-8(5-12-14)15(19)20/h5-7,10H,1-4H2,(H,13,16)(H,17,18). The molecule has 1 aliphatic carbocycles. The van der Waals surface area contributed by atoms with Crippen molar-refractivity contribution in [3.05, 3.63) is 22.5 Å². The Morgan fingerprint density at radius 2 is 2.30 bits per heavy atom. The second kappa shape index (κ2) is 5.68. The van der Waals surface area contributed by atoms with E-state index in [0.29, 0.717) is 0 Å². The number of rotatable bonds is 7. The molecule has 2 N–H and O–H groups in total. The van der Waals surface area contributed by atoms with E-state index in [0.717, 1.165) is 19.0 Å². The van der Waals surface area contributed by atoms with Crippen LogP contribution in [0.2, 0.25) is 0 Å². The molecule has 0 aliphatic heterocycles. The number of aliphatic carboxylic acids is 1. The quantitative estimate of drug-likeness (QED) is 0.541. The summed E-state index contributed by atoms with van der Waals surface area (Å²) >= 11 is 0. The summed E-state index contributed by atoms with van der Waals surface area (Å²) < 4.78 is 1.28. The molecule has 1 atom stereocenters. The number of aromatic nitrogens is 2. The highest BCUT2D eigenvalue weighted by atomic mass is 16.6. The van der Waals surface area contributed by atoms with Crippen LogP contribution in [0.3, 0.4) is 0 Å². The molecule has 9 heteroatoms. The number of carboxylic acids is 1. The normalized spacial score (nSPS) is 15.6. The lowest BCUT2D eigenvalue weighted by Crippen LogP contribution is -2.42. The van der Waals surface area contributed by atoms with Crippen molar-refractivity contribution >= 4 is 17.6 Å². The molecule has 20 heavy (non-hydrogen) atoms. The molecule has 1 amide bonds. The Labute approximate surface area is 113 Å². The number of nitro groups is 1. The van der Waals surface area contributed by atoms with Gasteiger partial charge in [0.15, 0.2) is 0 Å². The molecule has 108 valence electrons. The molecule has 0 saturated heterocycles. The van der Waals surface area contributed by atoms with Gasteiger partial charge in [0.05, 0.1) is 4.92 Å². The highest BCUT2D eigenvalue weighted by Crippen LogP contribution is 2.32. The predicted molar refractivity (Wildman–Crippen MR) is 65.8 cm³/mol. The first kappa shape index (κ1) is 14.0. The van der Waals surface area contributed by atoms with Crippen molar-refractivity contribution in [3.63, 3.8) is 0 Å². The van der Waals surface area contributed by atoms with Gasteiger partial charge in [-0.05, 0) is 18.8 Å². The Kier molecular flexibility index (Phi) is 3.97. The zero-order valence-electron chi connectivity index (χ0n) is 10.6. The van der Waals surface area contributed by atoms with Gasteiger partial charge in [-0.25, -0.2) is 4.79 Å². The number of hydrogen-bond acceptors (Lipinski definition) is 5. The summed E-state index contributed by atoms with van der Waals surface area (Å²) in [4.78, 5) is 32.5. The van der Waals surface area contributed by atoms with E-state index in [-0.39, 0.29) is 24.6 Å². The van der Waals surface area contributed by atoms with E-state index < -0.39 is 22.8 Å². The Balaban J connectivity index is 1.82. The third kappa shape index (κ3) is 3.53. The molecule has 1 fully saturated rings. The van der Waals surface area contributed by atoms with Crippen molar-refractivity contribution in [2.45, 2.75) is 31.8 Å². The number of amides is 1. The summed E-state index contributed by atoms with van der Waals surface area (Å²) in [5.74, 6) is -1.42. The first-order valence-corrected chi connectivity index (χ1v) is 6.16. The molecule has 1 aromatic rings. The summed E-state index contributed by atoms with van der Waals surface area (Å²) in [6.45, 7) is 0.163. The summed E-state index contributed by atoms with van der Waals surface area (Å²) in [6, 6.07) is -0.838. The highest BCUT2D eigenvalue weighted by molar-refractivity contribution is 5.83. The average Bonchev–Trinajstić information content (AvgIpc) is 3.10. The fourth-order valence-electron chi connectivity index (χ4n) is 1.84. The van der Waals surface area contributed by atoms with Gasteiger partial charge in [-0.3, -0.25) is 19.6 Å². The number of carbonyl (C=O) groups is 2. The van der Waals surface area contributed by atoms with Crippen LogP contribution in [0.15, 0.2) is 12.4 Å². The van der Waals surface area contributed by atoms with Crippen LogP contribution in [0, 0.1) is 16.0 Å². The maximum atomic E-state index is 11.7. The second-order valence-corrected chi connectivity index (χ2v) is 4.69. The van der Waals surface area contributed by atoms with Crippen molar-refractivity contribution in [3.8, 4) is 0 Å². The number of nitrogens with one attached hydrogen (secondary N) is 1. The molecular formula is C11H14N4O5. The van der Waals surface area contributed by atoms with Gasteiger partial charge in [-0.2, -0.15) is 5.10 Å². The Morgan fingerprint density at radius 3 is 2.80 bits per heavy atom. The van der Waals surface area contributed by atoms with Gasteiger partial charge in [-0.1, -0.05) is 0 Å². The monoisotopic (exact) mass is 282 g/mol. The minimum Gasteiger partial charge on any atom is -0.480 e. The van der Waals surface area contributed by atoms with Crippen molar-refractivity contribution in [2.75, 3.05) is 0 Å². The van der Waals surface area contributed by atoms with Crippen LogP contribution in [-0.2, 0) is 16.1 Å². The topological polar surface area (TPSA) is 127 Å². The Bertz CT molecular complexity index is 537. The lowest BCUT2D eigenvalue weighted by molar-refractivity contribution is -0.385. The first-order valence-electron chi connectivity index (χ1n) is 6.16. The number of carboxylic acid groups (broad SMARTS) is 1. The average molecular weight is 282 g/mol. The maximum absolute atomic E-state index is 11.7. The number of nitrogens with zero attached hydrogens (tertiary/aromatic N) is 3. The van der Waals surface area contributed by atoms with Gasteiger partial charge >= 0.3 is 11.7 Å². The minimum atomic E-state index is -1.03. The lowest BCUT2D eigenvalue weighted by Gasteiger charge is -2.13. The summed E-state index contributed by atoms with van der Waals surface area (Å²) in [7, 11) is 0. The molecule has 2 rings (SSSR count). The van der Waals surface area contributed by atoms with E-state index >= 15 is 0 Å². The van der Waals surface area contributed by atoms with Gasteiger partial charge in [0, 0.05) is 13.0 Å². The molecule has 0 spiro atoms. The van der Waals surface area contributed by atoms with Crippen LogP contribution in [0.25, 0.3) is 0 Å². The Morgan fingerprint density at radius 1 is 1.60 bits per heavy atom. The van der Waals surface area contributed by atoms with E-state index in [1.807, 2.05) is 0 Å². The third-order valence-corrected chi connectivity index (χ3v) is 3.07. The summed E-state index contributed by atoms with van der Waals surface area (Å²) in [5, 5.41) is 25.7. The Hall–Kier alpha value is -2.45.